The molecule has 18 heavy (non-hydrogen) atoms. The fourth-order valence-electron chi connectivity index (χ4n) is 1.39. The van der Waals surface area contributed by atoms with Crippen LogP contribution in [0.5, 0.6) is 0 Å². The molecule has 2 rings (SSSR count). The smallest absolute Gasteiger partial charge is 0.252 e. The van der Waals surface area contributed by atoms with Crippen LogP contribution in [0.3, 0.4) is 0 Å². The van der Waals surface area contributed by atoms with Gasteiger partial charge in [-0.1, -0.05) is 0 Å². The monoisotopic (exact) mass is 312 g/mol. The van der Waals surface area contributed by atoms with E-state index in [0.717, 1.165) is 0 Å². The Hall–Kier alpha value is -1.76. The van der Waals surface area contributed by atoms with Gasteiger partial charge in [0.1, 0.15) is 12.1 Å². The summed E-state index contributed by atoms with van der Waals surface area (Å²) in [6.07, 6.45) is 1.55. The topological polar surface area (TPSA) is 59.8 Å². The summed E-state index contributed by atoms with van der Waals surface area (Å²) in [6.45, 7) is 0.226. The fourth-order valence-corrected chi connectivity index (χ4v) is 1.92. The van der Waals surface area contributed by atoms with E-state index in [9.17, 15) is 9.18 Å². The highest BCUT2D eigenvalue weighted by Gasteiger charge is 2.11. The molecule has 0 saturated heterocycles. The molecule has 2 aromatic rings. The van der Waals surface area contributed by atoms with Crippen molar-refractivity contribution in [2.75, 3.05) is 0 Å². The van der Waals surface area contributed by atoms with Crippen LogP contribution in [0.2, 0.25) is 0 Å². The zero-order valence-electron chi connectivity index (χ0n) is 9.52. The van der Waals surface area contributed by atoms with Gasteiger partial charge in [-0.25, -0.2) is 9.37 Å². The summed E-state index contributed by atoms with van der Waals surface area (Å²) >= 11 is 3.14. The molecule has 1 heterocycles. The first kappa shape index (κ1) is 12.7. The molecule has 0 saturated carbocycles. The Kier molecular flexibility index (Phi) is 3.71. The van der Waals surface area contributed by atoms with Gasteiger partial charge < -0.3 is 5.32 Å². The molecule has 0 atom stereocenters. The van der Waals surface area contributed by atoms with Gasteiger partial charge in [0.15, 0.2) is 5.82 Å². The third-order valence-electron chi connectivity index (χ3n) is 2.23. The summed E-state index contributed by atoms with van der Waals surface area (Å²) in [5.41, 5.74) is 0.368. The minimum Gasteiger partial charge on any atom is -0.345 e. The lowest BCUT2D eigenvalue weighted by Gasteiger charge is -2.05. The van der Waals surface area contributed by atoms with Crippen LogP contribution in [0.15, 0.2) is 29.0 Å². The highest BCUT2D eigenvalue weighted by atomic mass is 79.9. The Balaban J connectivity index is 2.03. The van der Waals surface area contributed by atoms with Gasteiger partial charge in [0.25, 0.3) is 5.91 Å². The van der Waals surface area contributed by atoms with E-state index >= 15 is 0 Å². The Morgan fingerprint density at radius 2 is 2.33 bits per heavy atom. The van der Waals surface area contributed by atoms with Gasteiger partial charge in [0.05, 0.1) is 12.1 Å². The van der Waals surface area contributed by atoms with Gasteiger partial charge in [-0.3, -0.25) is 9.48 Å². The molecule has 0 bridgehead atoms. The van der Waals surface area contributed by atoms with Crippen molar-refractivity contribution < 1.29 is 9.18 Å². The standard InChI is InChI=1S/C11H10BrFN4O/c1-17-6-15-10(16-17)5-14-11(18)8-3-2-7(13)4-9(8)12/h2-4,6H,5H2,1H3,(H,14,18). The van der Waals surface area contributed by atoms with Gasteiger partial charge >= 0.3 is 0 Å². The summed E-state index contributed by atoms with van der Waals surface area (Å²) in [6, 6.07) is 3.90. The van der Waals surface area contributed by atoms with Crippen LogP contribution in [-0.4, -0.2) is 20.7 Å². The molecule has 1 N–H and O–H groups in total. The molecule has 1 aromatic carbocycles. The molecule has 7 heteroatoms. The maximum absolute atomic E-state index is 12.9. The number of rotatable bonds is 3. The maximum Gasteiger partial charge on any atom is 0.252 e. The number of benzene rings is 1. The first-order chi connectivity index (χ1) is 8.56. The number of nitrogens with zero attached hydrogens (tertiary/aromatic N) is 3. The minimum atomic E-state index is -0.398. The molecule has 1 amide bonds. The average Bonchev–Trinajstić information content (AvgIpc) is 2.72. The zero-order chi connectivity index (χ0) is 13.1. The summed E-state index contributed by atoms with van der Waals surface area (Å²) in [4.78, 5) is 15.8. The molecular weight excluding hydrogens is 303 g/mol. The quantitative estimate of drug-likeness (QED) is 0.937. The van der Waals surface area contributed by atoms with Crippen LogP contribution in [0.1, 0.15) is 16.2 Å². The molecule has 5 nitrogen and oxygen atoms in total. The lowest BCUT2D eigenvalue weighted by Crippen LogP contribution is -2.24. The number of aromatic nitrogens is 3. The SMILES string of the molecule is Cn1cnc(CNC(=O)c2ccc(F)cc2Br)n1. The number of nitrogens with one attached hydrogen (secondary N) is 1. The van der Waals surface area contributed by atoms with Crippen LogP contribution in [0.4, 0.5) is 4.39 Å². The van der Waals surface area contributed by atoms with Crippen molar-refractivity contribution in [1.82, 2.24) is 20.1 Å². The number of aryl methyl sites for hydroxylation is 1. The minimum absolute atomic E-state index is 0.226. The molecule has 0 unspecified atom stereocenters. The number of carbonyl (C=O) groups is 1. The van der Waals surface area contributed by atoms with Crippen LogP contribution in [0.25, 0.3) is 0 Å². The Morgan fingerprint density at radius 1 is 1.56 bits per heavy atom. The van der Waals surface area contributed by atoms with Gasteiger partial charge in [0.2, 0.25) is 0 Å². The number of halogens is 2. The molecule has 0 fully saturated rings. The number of hydrogen-bond donors (Lipinski definition) is 1. The Labute approximate surface area is 111 Å². The lowest BCUT2D eigenvalue weighted by molar-refractivity contribution is 0.0949. The average molecular weight is 313 g/mol. The van der Waals surface area contributed by atoms with Gasteiger partial charge in [-0.15, -0.1) is 0 Å². The molecule has 0 radical (unpaired) electrons. The zero-order valence-corrected chi connectivity index (χ0v) is 11.1. The first-order valence-electron chi connectivity index (χ1n) is 5.14. The molecule has 1 aromatic heterocycles. The Morgan fingerprint density at radius 3 is 2.94 bits per heavy atom. The highest BCUT2D eigenvalue weighted by Crippen LogP contribution is 2.17. The third-order valence-corrected chi connectivity index (χ3v) is 2.89. The van der Waals surface area contributed by atoms with Crippen molar-refractivity contribution >= 4 is 21.8 Å². The molecule has 0 aliphatic carbocycles. The second kappa shape index (κ2) is 5.26. The predicted octanol–water partition coefficient (Wildman–Crippen LogP) is 1.65. The molecular formula is C11H10BrFN4O. The van der Waals surface area contributed by atoms with Crippen LogP contribution in [0, 0.1) is 5.82 Å². The van der Waals surface area contributed by atoms with Crippen molar-refractivity contribution in [2.24, 2.45) is 7.05 Å². The van der Waals surface area contributed by atoms with Crippen molar-refractivity contribution in [3.8, 4) is 0 Å². The second-order valence-corrected chi connectivity index (χ2v) is 4.50. The number of hydrogen-bond acceptors (Lipinski definition) is 3. The van der Waals surface area contributed by atoms with E-state index in [4.69, 9.17) is 0 Å². The van der Waals surface area contributed by atoms with Crippen LogP contribution < -0.4 is 5.32 Å². The van der Waals surface area contributed by atoms with Crippen molar-refractivity contribution in [1.29, 1.82) is 0 Å². The van der Waals surface area contributed by atoms with Gasteiger partial charge in [-0.2, -0.15) is 5.10 Å². The third kappa shape index (κ3) is 2.92. The molecule has 0 aliphatic heterocycles. The normalized spacial score (nSPS) is 10.4. The first-order valence-corrected chi connectivity index (χ1v) is 5.93. The highest BCUT2D eigenvalue weighted by molar-refractivity contribution is 9.10. The van der Waals surface area contributed by atoms with E-state index in [1.807, 2.05) is 0 Å². The fraction of sp³-hybridized carbons (Fsp3) is 0.182. The van der Waals surface area contributed by atoms with Crippen molar-refractivity contribution in [3.05, 3.63) is 46.2 Å². The van der Waals surface area contributed by atoms with E-state index < -0.39 is 5.82 Å². The van der Waals surface area contributed by atoms with E-state index in [2.05, 4.69) is 31.3 Å². The number of carbonyl (C=O) groups excluding carboxylic acids is 1. The summed E-state index contributed by atoms with van der Waals surface area (Å²) in [5.74, 6) is -0.191. The Bertz CT molecular complexity index is 584. The predicted molar refractivity (Wildman–Crippen MR) is 66.3 cm³/mol. The van der Waals surface area contributed by atoms with Gasteiger partial charge in [-0.05, 0) is 34.1 Å². The molecule has 0 spiro atoms. The van der Waals surface area contributed by atoms with E-state index in [0.29, 0.717) is 15.9 Å². The van der Waals surface area contributed by atoms with E-state index in [-0.39, 0.29) is 12.5 Å². The largest absolute Gasteiger partial charge is 0.345 e. The summed E-state index contributed by atoms with van der Waals surface area (Å²) in [7, 11) is 1.74. The number of amides is 1. The summed E-state index contributed by atoms with van der Waals surface area (Å²) in [5, 5.41) is 6.69. The van der Waals surface area contributed by atoms with E-state index in [1.54, 1.807) is 18.1 Å². The van der Waals surface area contributed by atoms with Crippen LogP contribution in [-0.2, 0) is 13.6 Å². The van der Waals surface area contributed by atoms with Crippen molar-refractivity contribution in [3.63, 3.8) is 0 Å². The van der Waals surface area contributed by atoms with E-state index in [1.165, 1.54) is 18.2 Å². The van der Waals surface area contributed by atoms with Crippen molar-refractivity contribution in [2.45, 2.75) is 6.54 Å². The summed E-state index contributed by atoms with van der Waals surface area (Å²) < 4.78 is 14.8. The van der Waals surface area contributed by atoms with Crippen LogP contribution >= 0.6 is 15.9 Å². The molecule has 94 valence electrons. The maximum atomic E-state index is 12.9. The molecule has 0 aliphatic rings. The van der Waals surface area contributed by atoms with Gasteiger partial charge in [0, 0.05) is 11.5 Å². The lowest BCUT2D eigenvalue weighted by atomic mass is 10.2. The second-order valence-electron chi connectivity index (χ2n) is 3.64.